The predicted molar refractivity (Wildman–Crippen MR) is 93.7 cm³/mol. The van der Waals surface area contributed by atoms with Crippen LogP contribution < -0.4 is 0 Å². The van der Waals surface area contributed by atoms with Crippen LogP contribution in [0.1, 0.15) is 40.2 Å². The van der Waals surface area contributed by atoms with Gasteiger partial charge >= 0.3 is 5.97 Å². The van der Waals surface area contributed by atoms with Crippen LogP contribution in [-0.4, -0.2) is 34.0 Å². The molecule has 6 heteroatoms. The third-order valence-corrected chi connectivity index (χ3v) is 4.76. The molecule has 2 aromatic rings. The number of rotatable bonds is 5. The molecule has 130 valence electrons. The largest absolute Gasteiger partial charge is 0.478 e. The van der Waals surface area contributed by atoms with E-state index in [2.05, 4.69) is 17.0 Å². The zero-order valence-electron chi connectivity index (χ0n) is 13.8. The van der Waals surface area contributed by atoms with Crippen molar-refractivity contribution in [1.82, 2.24) is 4.90 Å². The van der Waals surface area contributed by atoms with E-state index in [0.29, 0.717) is 5.56 Å². The zero-order valence-corrected chi connectivity index (χ0v) is 13.8. The number of hydrogen-bond acceptors (Lipinski definition) is 4. The van der Waals surface area contributed by atoms with Crippen molar-refractivity contribution in [3.8, 4) is 0 Å². The minimum absolute atomic E-state index is 0.0516. The molecule has 0 radical (unpaired) electrons. The number of piperidine rings is 1. The SMILES string of the molecule is O=C(O)c1cccc([N+](=O)[O-])c1C1CCN(Cc2ccccc2)CC1. The fourth-order valence-corrected chi connectivity index (χ4v) is 3.55. The van der Waals surface area contributed by atoms with Crippen molar-refractivity contribution in [2.45, 2.75) is 25.3 Å². The lowest BCUT2D eigenvalue weighted by atomic mass is 9.85. The molecule has 0 unspecified atom stereocenters. The van der Waals surface area contributed by atoms with E-state index in [-0.39, 0.29) is 17.2 Å². The molecular weight excluding hydrogens is 320 g/mol. The quantitative estimate of drug-likeness (QED) is 0.663. The van der Waals surface area contributed by atoms with Crippen LogP contribution in [0.2, 0.25) is 0 Å². The molecule has 0 spiro atoms. The number of carboxylic acids is 1. The summed E-state index contributed by atoms with van der Waals surface area (Å²) in [5.41, 5.74) is 1.58. The van der Waals surface area contributed by atoms with Crippen LogP contribution in [-0.2, 0) is 6.54 Å². The standard InChI is InChI=1S/C19H20N2O4/c22-19(23)16-7-4-8-17(21(24)25)18(16)15-9-11-20(12-10-15)13-14-5-2-1-3-6-14/h1-8,15H,9-13H2,(H,22,23). The fourth-order valence-electron chi connectivity index (χ4n) is 3.55. The summed E-state index contributed by atoms with van der Waals surface area (Å²) in [6.07, 6.45) is 1.44. The van der Waals surface area contributed by atoms with E-state index in [1.165, 1.54) is 23.8 Å². The van der Waals surface area contributed by atoms with Gasteiger partial charge in [-0.05, 0) is 43.5 Å². The number of carboxylic acid groups (broad SMARTS) is 1. The summed E-state index contributed by atoms with van der Waals surface area (Å²) in [6.45, 7) is 2.44. The molecule has 1 saturated heterocycles. The van der Waals surface area contributed by atoms with Crippen LogP contribution in [0.15, 0.2) is 48.5 Å². The van der Waals surface area contributed by atoms with E-state index in [1.54, 1.807) is 0 Å². The lowest BCUT2D eigenvalue weighted by molar-refractivity contribution is -0.385. The Morgan fingerprint density at radius 2 is 1.80 bits per heavy atom. The minimum atomic E-state index is -1.11. The number of nitro groups is 1. The highest BCUT2D eigenvalue weighted by Crippen LogP contribution is 2.36. The van der Waals surface area contributed by atoms with Crippen LogP contribution in [0.5, 0.6) is 0 Å². The minimum Gasteiger partial charge on any atom is -0.478 e. The van der Waals surface area contributed by atoms with Gasteiger partial charge in [0.25, 0.3) is 5.69 Å². The Morgan fingerprint density at radius 3 is 2.40 bits per heavy atom. The first kappa shape index (κ1) is 17.1. The second-order valence-corrected chi connectivity index (χ2v) is 6.34. The summed E-state index contributed by atoms with van der Waals surface area (Å²) in [5, 5.41) is 20.8. The number of nitrogens with zero attached hydrogens (tertiary/aromatic N) is 2. The van der Waals surface area contributed by atoms with Gasteiger partial charge in [-0.15, -0.1) is 0 Å². The van der Waals surface area contributed by atoms with Crippen molar-refractivity contribution in [1.29, 1.82) is 0 Å². The Kier molecular flexibility index (Phi) is 5.09. The Hall–Kier alpha value is -2.73. The normalized spacial score (nSPS) is 15.8. The average Bonchev–Trinajstić information content (AvgIpc) is 2.62. The summed E-state index contributed by atoms with van der Waals surface area (Å²) in [5.74, 6) is -1.20. The zero-order chi connectivity index (χ0) is 17.8. The van der Waals surface area contributed by atoms with Crippen molar-refractivity contribution in [3.05, 3.63) is 75.3 Å². The van der Waals surface area contributed by atoms with Gasteiger partial charge in [0, 0.05) is 18.2 Å². The molecule has 1 aliphatic rings. The Labute approximate surface area is 145 Å². The smallest absolute Gasteiger partial charge is 0.336 e. The Bertz CT molecular complexity index is 736. The third-order valence-electron chi connectivity index (χ3n) is 4.76. The van der Waals surface area contributed by atoms with Gasteiger partial charge in [0.2, 0.25) is 0 Å². The van der Waals surface area contributed by atoms with Crippen molar-refractivity contribution >= 4 is 11.7 Å². The molecule has 0 amide bonds. The molecule has 1 aliphatic heterocycles. The van der Waals surface area contributed by atoms with Crippen molar-refractivity contribution in [2.75, 3.05) is 13.1 Å². The molecule has 0 aliphatic carbocycles. The highest BCUT2D eigenvalue weighted by molar-refractivity contribution is 5.91. The Balaban J connectivity index is 1.76. The number of carbonyl (C=O) groups is 1. The first-order valence-corrected chi connectivity index (χ1v) is 8.33. The van der Waals surface area contributed by atoms with Gasteiger partial charge in [0.15, 0.2) is 0 Å². The summed E-state index contributed by atoms with van der Waals surface area (Å²) >= 11 is 0. The van der Waals surface area contributed by atoms with Crippen LogP contribution in [0.25, 0.3) is 0 Å². The van der Waals surface area contributed by atoms with Crippen LogP contribution in [0.4, 0.5) is 5.69 Å². The molecule has 3 rings (SSSR count). The summed E-state index contributed by atoms with van der Waals surface area (Å²) < 4.78 is 0. The number of likely N-dealkylation sites (tertiary alicyclic amines) is 1. The van der Waals surface area contributed by atoms with E-state index < -0.39 is 10.9 Å². The van der Waals surface area contributed by atoms with E-state index in [9.17, 15) is 20.0 Å². The van der Waals surface area contributed by atoms with Crippen molar-refractivity contribution in [3.63, 3.8) is 0 Å². The molecule has 1 heterocycles. The van der Waals surface area contributed by atoms with E-state index in [1.807, 2.05) is 18.2 Å². The lowest BCUT2D eigenvalue weighted by Crippen LogP contribution is -2.33. The molecule has 1 fully saturated rings. The molecule has 2 aromatic carbocycles. The summed E-state index contributed by atoms with van der Waals surface area (Å²) in [7, 11) is 0. The van der Waals surface area contributed by atoms with Crippen LogP contribution in [0.3, 0.4) is 0 Å². The molecule has 0 aromatic heterocycles. The number of benzene rings is 2. The number of nitro benzene ring substituents is 1. The monoisotopic (exact) mass is 340 g/mol. The van der Waals surface area contributed by atoms with Gasteiger partial charge < -0.3 is 5.11 Å². The highest BCUT2D eigenvalue weighted by Gasteiger charge is 2.30. The van der Waals surface area contributed by atoms with Gasteiger partial charge in [0.05, 0.1) is 10.5 Å². The van der Waals surface area contributed by atoms with E-state index in [0.717, 1.165) is 32.5 Å². The predicted octanol–water partition coefficient (Wildman–Crippen LogP) is 3.67. The molecule has 0 atom stereocenters. The maximum atomic E-state index is 11.5. The summed E-state index contributed by atoms with van der Waals surface area (Å²) in [4.78, 5) is 24.7. The van der Waals surface area contributed by atoms with Gasteiger partial charge in [-0.2, -0.15) is 0 Å². The van der Waals surface area contributed by atoms with Crippen molar-refractivity contribution < 1.29 is 14.8 Å². The first-order chi connectivity index (χ1) is 12.1. The maximum absolute atomic E-state index is 11.5. The molecule has 1 N–H and O–H groups in total. The molecular formula is C19H20N2O4. The van der Waals surface area contributed by atoms with Gasteiger partial charge in [-0.25, -0.2) is 4.79 Å². The topological polar surface area (TPSA) is 83.7 Å². The van der Waals surface area contributed by atoms with Gasteiger partial charge in [-0.1, -0.05) is 36.4 Å². The van der Waals surface area contributed by atoms with E-state index >= 15 is 0 Å². The molecule has 0 saturated carbocycles. The maximum Gasteiger partial charge on any atom is 0.336 e. The first-order valence-electron chi connectivity index (χ1n) is 8.33. The molecule has 6 nitrogen and oxygen atoms in total. The lowest BCUT2D eigenvalue weighted by Gasteiger charge is -2.32. The molecule has 0 bridgehead atoms. The Morgan fingerprint density at radius 1 is 1.12 bits per heavy atom. The van der Waals surface area contributed by atoms with Crippen LogP contribution >= 0.6 is 0 Å². The molecule has 25 heavy (non-hydrogen) atoms. The summed E-state index contributed by atoms with van der Waals surface area (Å²) in [6, 6.07) is 14.5. The highest BCUT2D eigenvalue weighted by atomic mass is 16.6. The van der Waals surface area contributed by atoms with Crippen LogP contribution in [0, 0.1) is 10.1 Å². The average molecular weight is 340 g/mol. The van der Waals surface area contributed by atoms with Gasteiger partial charge in [-0.3, -0.25) is 15.0 Å². The second-order valence-electron chi connectivity index (χ2n) is 6.34. The fraction of sp³-hybridized carbons (Fsp3) is 0.316. The van der Waals surface area contributed by atoms with Gasteiger partial charge in [0.1, 0.15) is 0 Å². The van der Waals surface area contributed by atoms with Crippen molar-refractivity contribution in [2.24, 2.45) is 0 Å². The number of hydrogen-bond donors (Lipinski definition) is 1. The third kappa shape index (κ3) is 3.85. The number of aromatic carboxylic acids is 1. The van der Waals surface area contributed by atoms with E-state index in [4.69, 9.17) is 0 Å². The second kappa shape index (κ2) is 7.44.